The number of amides is 2. The average molecular weight is 303 g/mol. The minimum Gasteiger partial charge on any atom is -0.359 e. The summed E-state index contributed by atoms with van der Waals surface area (Å²) in [6.45, 7) is 2.84. The van der Waals surface area contributed by atoms with E-state index in [1.807, 2.05) is 13.0 Å². The predicted molar refractivity (Wildman–Crippen MR) is 78.6 cm³/mol. The van der Waals surface area contributed by atoms with Crippen molar-refractivity contribution >= 4 is 6.03 Å². The third-order valence-electron chi connectivity index (χ3n) is 3.82. The molecule has 2 amide bonds. The summed E-state index contributed by atoms with van der Waals surface area (Å²) in [7, 11) is 0. The molecule has 6 heteroatoms. The molecule has 1 N–H and O–H groups in total. The number of hydrogen-bond acceptors (Lipinski definition) is 3. The summed E-state index contributed by atoms with van der Waals surface area (Å²) >= 11 is 0. The van der Waals surface area contributed by atoms with E-state index in [9.17, 15) is 9.18 Å². The normalized spacial score (nSPS) is 17.7. The maximum atomic E-state index is 13.1. The van der Waals surface area contributed by atoms with Gasteiger partial charge in [-0.1, -0.05) is 17.3 Å². The number of rotatable bonds is 3. The number of carbonyl (C=O) groups excluding carboxylic acids is 1. The highest BCUT2D eigenvalue weighted by Gasteiger charge is 2.32. The number of aryl methyl sites for hydroxylation is 1. The van der Waals surface area contributed by atoms with Crippen LogP contribution in [0.2, 0.25) is 0 Å². The molecular weight excluding hydrogens is 285 g/mol. The summed E-state index contributed by atoms with van der Waals surface area (Å²) < 4.78 is 18.4. The van der Waals surface area contributed by atoms with Gasteiger partial charge in [0.25, 0.3) is 0 Å². The van der Waals surface area contributed by atoms with Crippen molar-refractivity contribution < 1.29 is 13.7 Å². The van der Waals surface area contributed by atoms with Gasteiger partial charge in [0.05, 0.1) is 11.7 Å². The van der Waals surface area contributed by atoms with Gasteiger partial charge in [0.1, 0.15) is 5.82 Å². The van der Waals surface area contributed by atoms with Gasteiger partial charge >= 0.3 is 6.03 Å². The first-order chi connectivity index (χ1) is 10.6. The molecule has 0 radical (unpaired) electrons. The SMILES string of the molecule is Cc1cc([C@@H]2CCCN2C(=O)NCc2cccc(F)c2)on1. The molecule has 1 aliphatic heterocycles. The van der Waals surface area contributed by atoms with Crippen LogP contribution in [-0.2, 0) is 6.54 Å². The van der Waals surface area contributed by atoms with E-state index in [2.05, 4.69) is 10.5 Å². The Labute approximate surface area is 128 Å². The fourth-order valence-electron chi connectivity index (χ4n) is 2.77. The standard InChI is InChI=1S/C16H18FN3O2/c1-11-8-15(22-19-11)14-6-3-7-20(14)16(21)18-10-12-4-2-5-13(17)9-12/h2,4-5,8-9,14H,3,6-7,10H2,1H3,(H,18,21)/t14-/m0/s1. The molecule has 2 aromatic rings. The zero-order valence-electron chi connectivity index (χ0n) is 12.4. The number of benzene rings is 1. The highest BCUT2D eigenvalue weighted by molar-refractivity contribution is 5.75. The lowest BCUT2D eigenvalue weighted by Crippen LogP contribution is -2.39. The number of urea groups is 1. The summed E-state index contributed by atoms with van der Waals surface area (Å²) in [6, 6.07) is 7.84. The molecule has 0 unspecified atom stereocenters. The Morgan fingerprint density at radius 1 is 1.50 bits per heavy atom. The third kappa shape index (κ3) is 3.10. The van der Waals surface area contributed by atoms with Crippen LogP contribution in [0.5, 0.6) is 0 Å². The maximum absolute atomic E-state index is 13.1. The van der Waals surface area contributed by atoms with Crippen molar-refractivity contribution in [2.75, 3.05) is 6.54 Å². The lowest BCUT2D eigenvalue weighted by Gasteiger charge is -2.23. The van der Waals surface area contributed by atoms with Crippen LogP contribution in [0.25, 0.3) is 0 Å². The first-order valence-electron chi connectivity index (χ1n) is 7.35. The molecule has 116 valence electrons. The summed E-state index contributed by atoms with van der Waals surface area (Å²) in [6.07, 6.45) is 1.79. The molecule has 0 saturated carbocycles. The Hall–Kier alpha value is -2.37. The van der Waals surface area contributed by atoms with Gasteiger partial charge < -0.3 is 14.7 Å². The van der Waals surface area contributed by atoms with Crippen LogP contribution < -0.4 is 5.32 Å². The molecule has 1 aromatic carbocycles. The van der Waals surface area contributed by atoms with Crippen molar-refractivity contribution in [1.29, 1.82) is 0 Å². The molecule has 2 heterocycles. The Morgan fingerprint density at radius 2 is 2.36 bits per heavy atom. The monoisotopic (exact) mass is 303 g/mol. The summed E-state index contributed by atoms with van der Waals surface area (Å²) in [5.41, 5.74) is 1.54. The van der Waals surface area contributed by atoms with Gasteiger partial charge in [0.15, 0.2) is 5.76 Å². The van der Waals surface area contributed by atoms with E-state index in [1.54, 1.807) is 17.0 Å². The van der Waals surface area contributed by atoms with Crippen LogP contribution in [-0.4, -0.2) is 22.6 Å². The third-order valence-corrected chi connectivity index (χ3v) is 3.82. The number of aromatic nitrogens is 1. The van der Waals surface area contributed by atoms with Crippen LogP contribution in [0, 0.1) is 12.7 Å². The van der Waals surface area contributed by atoms with E-state index in [0.717, 1.165) is 29.9 Å². The summed E-state index contributed by atoms with van der Waals surface area (Å²) in [4.78, 5) is 14.1. The smallest absolute Gasteiger partial charge is 0.318 e. The van der Waals surface area contributed by atoms with Crippen LogP contribution in [0.3, 0.4) is 0 Å². The molecule has 1 aliphatic rings. The molecule has 22 heavy (non-hydrogen) atoms. The highest BCUT2D eigenvalue weighted by atomic mass is 19.1. The van der Waals surface area contributed by atoms with Gasteiger partial charge in [-0.25, -0.2) is 9.18 Å². The number of carbonyl (C=O) groups is 1. The van der Waals surface area contributed by atoms with Crippen LogP contribution in [0.15, 0.2) is 34.9 Å². The summed E-state index contributed by atoms with van der Waals surface area (Å²) in [5.74, 6) is 0.416. The van der Waals surface area contributed by atoms with E-state index in [1.165, 1.54) is 12.1 Å². The highest BCUT2D eigenvalue weighted by Crippen LogP contribution is 2.32. The number of hydrogen-bond donors (Lipinski definition) is 1. The predicted octanol–water partition coefficient (Wildman–Crippen LogP) is 3.17. The van der Waals surface area contributed by atoms with Gasteiger partial charge in [-0.3, -0.25) is 0 Å². The zero-order chi connectivity index (χ0) is 15.5. The minimum atomic E-state index is -0.303. The second-order valence-corrected chi connectivity index (χ2v) is 5.51. The Morgan fingerprint density at radius 3 is 3.09 bits per heavy atom. The molecular formula is C16H18FN3O2. The number of nitrogens with one attached hydrogen (secondary N) is 1. The molecule has 5 nitrogen and oxygen atoms in total. The minimum absolute atomic E-state index is 0.0753. The van der Waals surface area contributed by atoms with Crippen molar-refractivity contribution in [2.24, 2.45) is 0 Å². The fraction of sp³-hybridized carbons (Fsp3) is 0.375. The topological polar surface area (TPSA) is 58.4 Å². The van der Waals surface area contributed by atoms with E-state index in [4.69, 9.17) is 4.52 Å². The molecule has 0 aliphatic carbocycles. The molecule has 1 atom stereocenters. The largest absolute Gasteiger partial charge is 0.359 e. The van der Waals surface area contributed by atoms with E-state index in [-0.39, 0.29) is 17.9 Å². The number of likely N-dealkylation sites (tertiary alicyclic amines) is 1. The molecule has 1 fully saturated rings. The van der Waals surface area contributed by atoms with Gasteiger partial charge in [-0.05, 0) is 37.5 Å². The Balaban J connectivity index is 1.64. The van der Waals surface area contributed by atoms with Crippen molar-refractivity contribution in [3.63, 3.8) is 0 Å². The van der Waals surface area contributed by atoms with Crippen LogP contribution >= 0.6 is 0 Å². The van der Waals surface area contributed by atoms with E-state index in [0.29, 0.717) is 13.1 Å². The van der Waals surface area contributed by atoms with Gasteiger partial charge in [-0.2, -0.15) is 0 Å². The lowest BCUT2D eigenvalue weighted by molar-refractivity contribution is 0.182. The van der Waals surface area contributed by atoms with Crippen molar-refractivity contribution in [3.05, 3.63) is 53.2 Å². The van der Waals surface area contributed by atoms with Crippen molar-refractivity contribution in [1.82, 2.24) is 15.4 Å². The first kappa shape index (κ1) is 14.6. The maximum Gasteiger partial charge on any atom is 0.318 e. The Kier molecular flexibility index (Phi) is 4.09. The van der Waals surface area contributed by atoms with Crippen LogP contribution in [0.1, 0.15) is 35.9 Å². The van der Waals surface area contributed by atoms with Crippen molar-refractivity contribution in [2.45, 2.75) is 32.4 Å². The number of halogens is 1. The second-order valence-electron chi connectivity index (χ2n) is 5.51. The van der Waals surface area contributed by atoms with Gasteiger partial charge in [-0.15, -0.1) is 0 Å². The molecule has 0 spiro atoms. The van der Waals surface area contributed by atoms with Gasteiger partial charge in [0.2, 0.25) is 0 Å². The van der Waals surface area contributed by atoms with E-state index >= 15 is 0 Å². The van der Waals surface area contributed by atoms with Crippen molar-refractivity contribution in [3.8, 4) is 0 Å². The number of nitrogens with zero attached hydrogens (tertiary/aromatic N) is 2. The van der Waals surface area contributed by atoms with Gasteiger partial charge in [0, 0.05) is 19.2 Å². The quantitative estimate of drug-likeness (QED) is 0.947. The van der Waals surface area contributed by atoms with Crippen LogP contribution in [0.4, 0.5) is 9.18 Å². The molecule has 1 aromatic heterocycles. The summed E-state index contributed by atoms with van der Waals surface area (Å²) in [5, 5.41) is 6.72. The molecule has 1 saturated heterocycles. The lowest BCUT2D eigenvalue weighted by atomic mass is 10.1. The molecule has 0 bridgehead atoms. The zero-order valence-corrected chi connectivity index (χ0v) is 12.4. The Bertz CT molecular complexity index is 671. The fourth-order valence-corrected chi connectivity index (χ4v) is 2.77. The average Bonchev–Trinajstić information content (AvgIpc) is 3.13. The second kappa shape index (κ2) is 6.17. The van der Waals surface area contributed by atoms with E-state index < -0.39 is 0 Å². The first-order valence-corrected chi connectivity index (χ1v) is 7.35. The molecule has 3 rings (SSSR count).